The largest absolute Gasteiger partial charge is 0.435 e. The van der Waals surface area contributed by atoms with E-state index in [-0.39, 0.29) is 17.1 Å². The molecule has 0 atom stereocenters. The molecule has 3 rings (SSSR count). The summed E-state index contributed by atoms with van der Waals surface area (Å²) in [6.45, 7) is 0. The summed E-state index contributed by atoms with van der Waals surface area (Å²) in [5.74, 6) is -0.890. The van der Waals surface area contributed by atoms with Crippen LogP contribution in [0.1, 0.15) is 21.6 Å². The minimum Gasteiger partial charge on any atom is -0.355 e. The van der Waals surface area contributed by atoms with Crippen LogP contribution in [0.2, 0.25) is 0 Å². The first-order valence-corrected chi connectivity index (χ1v) is 8.41. The van der Waals surface area contributed by atoms with E-state index in [1.807, 2.05) is 0 Å². The number of alkyl halides is 6. The fraction of sp³-hybridized carbons (Fsp3) is 0.158. The zero-order valence-electron chi connectivity index (χ0n) is 15.3. The Labute approximate surface area is 166 Å². The fourth-order valence-corrected chi connectivity index (χ4v) is 2.59. The van der Waals surface area contributed by atoms with Gasteiger partial charge in [-0.1, -0.05) is 12.1 Å². The van der Waals surface area contributed by atoms with E-state index >= 15 is 0 Å². The van der Waals surface area contributed by atoms with E-state index in [2.05, 4.69) is 15.7 Å². The molecule has 0 aliphatic carbocycles. The zero-order chi connectivity index (χ0) is 22.1. The molecular formula is C19H14F6N4O. The predicted octanol–water partition coefficient (Wildman–Crippen LogP) is 5.45. The number of aromatic nitrogens is 2. The number of anilines is 3. The van der Waals surface area contributed by atoms with Gasteiger partial charge in [0.05, 0.1) is 16.8 Å². The van der Waals surface area contributed by atoms with E-state index in [4.69, 9.17) is 0 Å². The van der Waals surface area contributed by atoms with E-state index < -0.39 is 29.5 Å². The monoisotopic (exact) mass is 428 g/mol. The first-order valence-electron chi connectivity index (χ1n) is 8.41. The number of halogens is 6. The summed E-state index contributed by atoms with van der Waals surface area (Å²) in [4.78, 5) is 12.6. The quantitative estimate of drug-likeness (QED) is 0.543. The van der Waals surface area contributed by atoms with Crippen molar-refractivity contribution in [3.05, 3.63) is 71.4 Å². The number of carbonyl (C=O) groups excluding carboxylic acids is 1. The molecule has 30 heavy (non-hydrogen) atoms. The van der Waals surface area contributed by atoms with E-state index in [0.717, 1.165) is 16.8 Å². The highest BCUT2D eigenvalue weighted by molar-refractivity contribution is 6.08. The van der Waals surface area contributed by atoms with Gasteiger partial charge in [-0.25, -0.2) is 0 Å². The van der Waals surface area contributed by atoms with Gasteiger partial charge in [-0.3, -0.25) is 9.48 Å². The van der Waals surface area contributed by atoms with Crippen molar-refractivity contribution < 1.29 is 31.1 Å². The number of nitrogens with zero attached hydrogens (tertiary/aromatic N) is 2. The fourth-order valence-electron chi connectivity index (χ4n) is 2.59. The average Bonchev–Trinajstić information content (AvgIpc) is 3.03. The second-order valence-electron chi connectivity index (χ2n) is 6.24. The van der Waals surface area contributed by atoms with Gasteiger partial charge in [-0.05, 0) is 36.4 Å². The standard InChI is InChI=1S/C19H14F6N4O/c1-29-16(10-15(28-29)19(23,24)25)27-17(30)13-4-2-3-5-14(13)26-12-8-6-11(7-9-12)18(20,21)22/h2-10,26H,1H3,(H,27,30). The molecule has 0 bridgehead atoms. The third kappa shape index (κ3) is 4.73. The highest BCUT2D eigenvalue weighted by Gasteiger charge is 2.35. The molecule has 2 N–H and O–H groups in total. The van der Waals surface area contributed by atoms with Gasteiger partial charge in [0.1, 0.15) is 5.82 Å². The first-order chi connectivity index (χ1) is 13.9. The van der Waals surface area contributed by atoms with Crippen LogP contribution in [0.3, 0.4) is 0 Å². The second-order valence-corrected chi connectivity index (χ2v) is 6.24. The molecule has 11 heteroatoms. The molecular weight excluding hydrogens is 414 g/mol. The topological polar surface area (TPSA) is 59.0 Å². The number of hydrogen-bond acceptors (Lipinski definition) is 3. The minimum atomic E-state index is -4.66. The summed E-state index contributed by atoms with van der Waals surface area (Å²) in [6, 6.07) is 10.9. The Morgan fingerprint density at radius 3 is 2.13 bits per heavy atom. The summed E-state index contributed by atoms with van der Waals surface area (Å²) in [5.41, 5.74) is -1.35. The molecule has 0 saturated carbocycles. The van der Waals surface area contributed by atoms with Gasteiger partial charge >= 0.3 is 12.4 Å². The Morgan fingerprint density at radius 1 is 0.933 bits per heavy atom. The maximum atomic E-state index is 12.8. The van der Waals surface area contributed by atoms with E-state index in [0.29, 0.717) is 11.8 Å². The number of aryl methyl sites for hydroxylation is 1. The van der Waals surface area contributed by atoms with E-state index in [1.54, 1.807) is 6.07 Å². The second kappa shape index (κ2) is 7.73. The molecule has 158 valence electrons. The molecule has 1 aromatic heterocycles. The molecule has 0 fully saturated rings. The number of nitrogens with one attached hydrogen (secondary N) is 2. The van der Waals surface area contributed by atoms with Gasteiger partial charge < -0.3 is 10.6 Å². The Morgan fingerprint density at radius 2 is 1.57 bits per heavy atom. The molecule has 0 saturated heterocycles. The van der Waals surface area contributed by atoms with Crippen LogP contribution in [-0.2, 0) is 19.4 Å². The maximum Gasteiger partial charge on any atom is 0.435 e. The average molecular weight is 428 g/mol. The van der Waals surface area contributed by atoms with Crippen LogP contribution < -0.4 is 10.6 Å². The molecule has 0 unspecified atom stereocenters. The number of para-hydroxylation sites is 1. The van der Waals surface area contributed by atoms with Crippen LogP contribution in [0.25, 0.3) is 0 Å². The van der Waals surface area contributed by atoms with Crippen LogP contribution in [0.5, 0.6) is 0 Å². The molecule has 5 nitrogen and oxygen atoms in total. The Kier molecular flexibility index (Phi) is 5.47. The normalized spacial score (nSPS) is 12.0. The molecule has 0 spiro atoms. The third-order valence-electron chi connectivity index (χ3n) is 4.07. The van der Waals surface area contributed by atoms with Gasteiger partial charge in [0.15, 0.2) is 5.69 Å². The Balaban J connectivity index is 1.81. The van der Waals surface area contributed by atoms with Crippen molar-refractivity contribution in [2.75, 3.05) is 10.6 Å². The molecule has 3 aromatic rings. The molecule has 0 radical (unpaired) electrons. The van der Waals surface area contributed by atoms with Crippen LogP contribution in [0, 0.1) is 0 Å². The van der Waals surface area contributed by atoms with Gasteiger partial charge in [-0.15, -0.1) is 0 Å². The lowest BCUT2D eigenvalue weighted by atomic mass is 10.1. The van der Waals surface area contributed by atoms with Gasteiger partial charge in [0.25, 0.3) is 5.91 Å². The lowest BCUT2D eigenvalue weighted by Gasteiger charge is -2.13. The Hall–Kier alpha value is -3.50. The number of carbonyl (C=O) groups is 1. The summed E-state index contributed by atoms with van der Waals surface area (Å²) in [5, 5.41) is 8.49. The SMILES string of the molecule is Cn1nc(C(F)(F)F)cc1NC(=O)c1ccccc1Nc1ccc(C(F)(F)F)cc1. The third-order valence-corrected chi connectivity index (χ3v) is 4.07. The summed E-state index contributed by atoms with van der Waals surface area (Å²) >= 11 is 0. The molecule has 0 aliphatic heterocycles. The smallest absolute Gasteiger partial charge is 0.355 e. The highest BCUT2D eigenvalue weighted by Crippen LogP contribution is 2.32. The summed E-state index contributed by atoms with van der Waals surface area (Å²) < 4.78 is 77.3. The highest BCUT2D eigenvalue weighted by atomic mass is 19.4. The van der Waals surface area contributed by atoms with Crippen LogP contribution in [0.15, 0.2) is 54.6 Å². The zero-order valence-corrected chi connectivity index (χ0v) is 15.3. The predicted molar refractivity (Wildman–Crippen MR) is 97.3 cm³/mol. The van der Waals surface area contributed by atoms with Crippen molar-refractivity contribution in [2.45, 2.75) is 12.4 Å². The van der Waals surface area contributed by atoms with E-state index in [1.165, 1.54) is 37.4 Å². The van der Waals surface area contributed by atoms with Crippen LogP contribution in [-0.4, -0.2) is 15.7 Å². The van der Waals surface area contributed by atoms with Crippen molar-refractivity contribution in [1.29, 1.82) is 0 Å². The first kappa shape index (κ1) is 21.2. The Bertz CT molecular complexity index is 1050. The van der Waals surface area contributed by atoms with Crippen molar-refractivity contribution in [3.63, 3.8) is 0 Å². The molecule has 1 heterocycles. The number of hydrogen-bond donors (Lipinski definition) is 2. The van der Waals surface area contributed by atoms with Crippen molar-refractivity contribution in [3.8, 4) is 0 Å². The number of rotatable bonds is 4. The van der Waals surface area contributed by atoms with Gasteiger partial charge in [0, 0.05) is 18.8 Å². The molecule has 1 amide bonds. The van der Waals surface area contributed by atoms with Crippen LogP contribution >= 0.6 is 0 Å². The van der Waals surface area contributed by atoms with Gasteiger partial charge in [-0.2, -0.15) is 31.4 Å². The van der Waals surface area contributed by atoms with Crippen LogP contribution in [0.4, 0.5) is 43.5 Å². The molecule has 2 aromatic carbocycles. The maximum absolute atomic E-state index is 12.8. The van der Waals surface area contributed by atoms with Crippen molar-refractivity contribution in [1.82, 2.24) is 9.78 Å². The number of amides is 1. The molecule has 0 aliphatic rings. The lowest BCUT2D eigenvalue weighted by molar-refractivity contribution is -0.141. The lowest BCUT2D eigenvalue weighted by Crippen LogP contribution is -2.16. The van der Waals surface area contributed by atoms with Crippen molar-refractivity contribution >= 4 is 23.1 Å². The van der Waals surface area contributed by atoms with Crippen molar-refractivity contribution in [2.24, 2.45) is 7.05 Å². The van der Waals surface area contributed by atoms with Gasteiger partial charge in [0.2, 0.25) is 0 Å². The summed E-state index contributed by atoms with van der Waals surface area (Å²) in [7, 11) is 1.25. The summed E-state index contributed by atoms with van der Waals surface area (Å²) in [6.07, 6.45) is -9.14. The van der Waals surface area contributed by atoms with E-state index in [9.17, 15) is 31.1 Å². The minimum absolute atomic E-state index is 0.0761. The number of benzene rings is 2.